The van der Waals surface area contributed by atoms with Gasteiger partial charge in [0, 0.05) is 18.1 Å². The molecule has 1 fully saturated rings. The molecule has 0 aliphatic carbocycles. The number of rotatable bonds is 5. The van der Waals surface area contributed by atoms with E-state index in [0.717, 1.165) is 6.42 Å². The molecule has 0 bridgehead atoms. The predicted octanol–water partition coefficient (Wildman–Crippen LogP) is 1.52. The molecule has 0 spiro atoms. The van der Waals surface area contributed by atoms with Crippen LogP contribution in [-0.2, 0) is 17.6 Å². The van der Waals surface area contributed by atoms with Crippen molar-refractivity contribution in [2.75, 3.05) is 5.75 Å². The molecule has 6 heteroatoms. The summed E-state index contributed by atoms with van der Waals surface area (Å²) in [6.07, 6.45) is 3.67. The molecule has 1 unspecified atom stereocenters. The van der Waals surface area contributed by atoms with Crippen LogP contribution < -0.4 is 0 Å². The Labute approximate surface area is 97.6 Å². The van der Waals surface area contributed by atoms with Crippen LogP contribution in [0.3, 0.4) is 0 Å². The van der Waals surface area contributed by atoms with Gasteiger partial charge in [-0.25, -0.2) is 0 Å². The summed E-state index contributed by atoms with van der Waals surface area (Å²) < 4.78 is 5.09. The predicted molar refractivity (Wildman–Crippen MR) is 59.4 cm³/mol. The molecule has 1 saturated heterocycles. The molecule has 0 amide bonds. The van der Waals surface area contributed by atoms with E-state index in [1.807, 2.05) is 11.8 Å². The molecule has 88 valence electrons. The summed E-state index contributed by atoms with van der Waals surface area (Å²) >= 11 is 1.94. The Balaban J connectivity index is 1.84. The monoisotopic (exact) mass is 242 g/mol. The highest BCUT2D eigenvalue weighted by Crippen LogP contribution is 2.28. The molecule has 0 saturated carbocycles. The number of carboxylic acid groups (broad SMARTS) is 1. The number of hydrogen-bond acceptors (Lipinski definition) is 5. The lowest BCUT2D eigenvalue weighted by atomic mass is 10.2. The summed E-state index contributed by atoms with van der Waals surface area (Å²) in [6.45, 7) is 0. The van der Waals surface area contributed by atoms with Crippen LogP contribution in [-0.4, -0.2) is 32.2 Å². The Morgan fingerprint density at radius 3 is 3.19 bits per heavy atom. The van der Waals surface area contributed by atoms with E-state index < -0.39 is 5.97 Å². The van der Waals surface area contributed by atoms with Crippen LogP contribution in [0.1, 0.15) is 31.0 Å². The van der Waals surface area contributed by atoms with Crippen molar-refractivity contribution in [1.82, 2.24) is 10.1 Å². The zero-order valence-corrected chi connectivity index (χ0v) is 9.70. The van der Waals surface area contributed by atoms with E-state index in [2.05, 4.69) is 10.1 Å². The summed E-state index contributed by atoms with van der Waals surface area (Å²) in [5.41, 5.74) is 0. The number of nitrogens with zero attached hydrogens (tertiary/aromatic N) is 2. The highest BCUT2D eigenvalue weighted by Gasteiger charge is 2.19. The Kier molecular flexibility index (Phi) is 3.82. The van der Waals surface area contributed by atoms with Gasteiger partial charge in [-0.15, -0.1) is 0 Å². The van der Waals surface area contributed by atoms with Gasteiger partial charge in [0.2, 0.25) is 5.89 Å². The van der Waals surface area contributed by atoms with E-state index in [0.29, 0.717) is 23.4 Å². The SMILES string of the molecule is O=C(O)CCc1noc(CC2CCCS2)n1. The second-order valence-corrected chi connectivity index (χ2v) is 5.25. The average Bonchev–Trinajstić information content (AvgIpc) is 2.87. The van der Waals surface area contributed by atoms with Crippen LogP contribution in [0.4, 0.5) is 0 Å². The molecule has 2 rings (SSSR count). The molecule has 1 aliphatic heterocycles. The maximum atomic E-state index is 10.4. The van der Waals surface area contributed by atoms with E-state index in [1.165, 1.54) is 18.6 Å². The summed E-state index contributed by atoms with van der Waals surface area (Å²) in [7, 11) is 0. The van der Waals surface area contributed by atoms with Gasteiger partial charge in [-0.3, -0.25) is 4.79 Å². The standard InChI is InChI=1S/C10H14N2O3S/c13-10(14)4-3-8-11-9(15-12-8)6-7-2-1-5-16-7/h7H,1-6H2,(H,13,14). The van der Waals surface area contributed by atoms with E-state index in [4.69, 9.17) is 9.63 Å². The minimum absolute atomic E-state index is 0.0527. The van der Waals surface area contributed by atoms with Crippen molar-refractivity contribution < 1.29 is 14.4 Å². The van der Waals surface area contributed by atoms with Crippen molar-refractivity contribution in [3.63, 3.8) is 0 Å². The van der Waals surface area contributed by atoms with E-state index >= 15 is 0 Å². The van der Waals surface area contributed by atoms with E-state index in [1.54, 1.807) is 0 Å². The van der Waals surface area contributed by atoms with Crippen molar-refractivity contribution in [2.45, 2.75) is 37.4 Å². The number of thioether (sulfide) groups is 1. The Hall–Kier alpha value is -1.04. The summed E-state index contributed by atoms with van der Waals surface area (Å²) in [5, 5.41) is 12.9. The average molecular weight is 242 g/mol. The van der Waals surface area contributed by atoms with Gasteiger partial charge in [0.05, 0.1) is 6.42 Å². The van der Waals surface area contributed by atoms with Gasteiger partial charge in [-0.1, -0.05) is 5.16 Å². The van der Waals surface area contributed by atoms with Gasteiger partial charge in [0.25, 0.3) is 0 Å². The number of aromatic nitrogens is 2. The third-order valence-corrected chi connectivity index (χ3v) is 3.90. The fourth-order valence-corrected chi connectivity index (χ4v) is 2.95. The van der Waals surface area contributed by atoms with Gasteiger partial charge in [0.1, 0.15) is 0 Å². The van der Waals surface area contributed by atoms with Crippen LogP contribution in [0, 0.1) is 0 Å². The number of hydrogen-bond donors (Lipinski definition) is 1. The second kappa shape index (κ2) is 5.34. The van der Waals surface area contributed by atoms with Crippen LogP contribution in [0.5, 0.6) is 0 Å². The minimum Gasteiger partial charge on any atom is -0.481 e. The normalized spacial score (nSPS) is 20.1. The fraction of sp³-hybridized carbons (Fsp3) is 0.700. The van der Waals surface area contributed by atoms with Gasteiger partial charge in [-0.05, 0) is 18.6 Å². The van der Waals surface area contributed by atoms with Gasteiger partial charge >= 0.3 is 5.97 Å². The second-order valence-electron chi connectivity index (χ2n) is 3.84. The molecule has 1 aromatic rings. The first-order chi connectivity index (χ1) is 7.74. The molecule has 0 aromatic carbocycles. The molecule has 1 aromatic heterocycles. The first-order valence-corrected chi connectivity index (χ1v) is 6.44. The van der Waals surface area contributed by atoms with Crippen LogP contribution in [0.2, 0.25) is 0 Å². The zero-order valence-electron chi connectivity index (χ0n) is 8.89. The lowest BCUT2D eigenvalue weighted by Crippen LogP contribution is -2.02. The van der Waals surface area contributed by atoms with Crippen molar-refractivity contribution in [2.24, 2.45) is 0 Å². The van der Waals surface area contributed by atoms with Gasteiger partial charge < -0.3 is 9.63 Å². The number of aliphatic carboxylic acids is 1. The molecular weight excluding hydrogens is 228 g/mol. The van der Waals surface area contributed by atoms with Crippen molar-refractivity contribution >= 4 is 17.7 Å². The van der Waals surface area contributed by atoms with Gasteiger partial charge in [-0.2, -0.15) is 16.7 Å². The highest BCUT2D eigenvalue weighted by atomic mass is 32.2. The smallest absolute Gasteiger partial charge is 0.303 e. The quantitative estimate of drug-likeness (QED) is 0.843. The first-order valence-electron chi connectivity index (χ1n) is 5.39. The molecule has 5 nitrogen and oxygen atoms in total. The lowest BCUT2D eigenvalue weighted by Gasteiger charge is -2.02. The lowest BCUT2D eigenvalue weighted by molar-refractivity contribution is -0.137. The van der Waals surface area contributed by atoms with Crippen molar-refractivity contribution in [3.8, 4) is 0 Å². The highest BCUT2D eigenvalue weighted by molar-refractivity contribution is 8.00. The maximum Gasteiger partial charge on any atom is 0.303 e. The topological polar surface area (TPSA) is 76.2 Å². The largest absolute Gasteiger partial charge is 0.481 e. The van der Waals surface area contributed by atoms with Gasteiger partial charge in [0.15, 0.2) is 5.82 Å². The van der Waals surface area contributed by atoms with Crippen LogP contribution >= 0.6 is 11.8 Å². The summed E-state index contributed by atoms with van der Waals surface area (Å²) in [5.74, 6) is 1.52. The summed E-state index contributed by atoms with van der Waals surface area (Å²) in [4.78, 5) is 14.6. The number of carboxylic acids is 1. The molecule has 0 radical (unpaired) electrons. The fourth-order valence-electron chi connectivity index (χ4n) is 1.69. The zero-order chi connectivity index (χ0) is 11.4. The Morgan fingerprint density at radius 2 is 2.50 bits per heavy atom. The third-order valence-electron chi connectivity index (χ3n) is 2.50. The Morgan fingerprint density at radius 1 is 1.62 bits per heavy atom. The first kappa shape index (κ1) is 11.4. The molecule has 1 N–H and O–H groups in total. The van der Waals surface area contributed by atoms with Crippen molar-refractivity contribution in [1.29, 1.82) is 0 Å². The third kappa shape index (κ3) is 3.23. The molecule has 2 heterocycles. The van der Waals surface area contributed by atoms with E-state index in [-0.39, 0.29) is 6.42 Å². The summed E-state index contributed by atoms with van der Waals surface area (Å²) in [6, 6.07) is 0. The Bertz CT molecular complexity index is 361. The van der Waals surface area contributed by atoms with Crippen LogP contribution in [0.25, 0.3) is 0 Å². The molecule has 16 heavy (non-hydrogen) atoms. The maximum absolute atomic E-state index is 10.4. The van der Waals surface area contributed by atoms with Crippen LogP contribution in [0.15, 0.2) is 4.52 Å². The molecule has 1 atom stereocenters. The molecular formula is C10H14N2O3S. The minimum atomic E-state index is -0.835. The number of aryl methyl sites for hydroxylation is 1. The van der Waals surface area contributed by atoms with E-state index in [9.17, 15) is 4.79 Å². The number of carbonyl (C=O) groups is 1. The molecule has 1 aliphatic rings. The van der Waals surface area contributed by atoms with Crippen molar-refractivity contribution in [3.05, 3.63) is 11.7 Å².